The maximum absolute atomic E-state index is 15.0. The zero-order valence-electron chi connectivity index (χ0n) is 20.0. The number of benzene rings is 3. The van der Waals surface area contributed by atoms with E-state index in [1.807, 2.05) is 12.1 Å². The molecule has 0 aliphatic carbocycles. The predicted molar refractivity (Wildman–Crippen MR) is 142 cm³/mol. The Morgan fingerprint density at radius 1 is 0.917 bits per heavy atom. The molecule has 2 heterocycles. The maximum atomic E-state index is 15.0. The van der Waals surface area contributed by atoms with Gasteiger partial charge in [0.2, 0.25) is 0 Å². The van der Waals surface area contributed by atoms with Crippen molar-refractivity contribution in [2.75, 3.05) is 36.0 Å². The molecule has 0 radical (unpaired) electrons. The quantitative estimate of drug-likeness (QED) is 0.401. The van der Waals surface area contributed by atoms with Gasteiger partial charge >= 0.3 is 6.03 Å². The Morgan fingerprint density at radius 2 is 1.61 bits per heavy atom. The van der Waals surface area contributed by atoms with E-state index in [0.717, 1.165) is 37.9 Å². The van der Waals surface area contributed by atoms with E-state index < -0.39 is 11.6 Å². The van der Waals surface area contributed by atoms with E-state index in [0.29, 0.717) is 38.6 Å². The smallest absolute Gasteiger partial charge is 0.326 e. The summed E-state index contributed by atoms with van der Waals surface area (Å²) in [6, 6.07) is 12.5. The molecule has 1 saturated heterocycles. The van der Waals surface area contributed by atoms with Crippen molar-refractivity contribution in [3.8, 4) is 11.1 Å². The number of nitrogens with zero attached hydrogens (tertiary/aromatic N) is 3. The molecular weight excluding hydrogens is 505 g/mol. The number of rotatable bonds is 4. The molecule has 2 amide bonds. The van der Waals surface area contributed by atoms with E-state index in [4.69, 9.17) is 23.2 Å². The van der Waals surface area contributed by atoms with Crippen molar-refractivity contribution in [3.63, 3.8) is 0 Å². The summed E-state index contributed by atoms with van der Waals surface area (Å²) in [6.07, 6.45) is 0. The zero-order valence-corrected chi connectivity index (χ0v) is 21.5. The second-order valence-corrected chi connectivity index (χ2v) is 10.1. The lowest BCUT2D eigenvalue weighted by molar-refractivity contribution is 0.209. The fraction of sp³-hybridized carbons (Fsp3) is 0.296. The standard InChI is InChI=1S/C27H26Cl2F2N4O/c1-16(2)33-8-10-34(11-9-33)18-13-20(19-7-6-17(30)12-24(19)31)21-15-32-27(36)35(25(21)14-18)26-22(28)4-3-5-23(26)29/h3-7,12-14,16H,8-11,15H2,1-2H3,(H,32,36). The van der Waals surface area contributed by atoms with Gasteiger partial charge in [0.1, 0.15) is 11.6 Å². The van der Waals surface area contributed by atoms with E-state index in [1.54, 1.807) is 18.2 Å². The Bertz CT molecular complexity index is 1310. The summed E-state index contributed by atoms with van der Waals surface area (Å²) in [6.45, 7) is 7.86. The summed E-state index contributed by atoms with van der Waals surface area (Å²) in [5.74, 6) is -1.32. The molecule has 0 saturated carbocycles. The molecule has 0 unspecified atom stereocenters. The van der Waals surface area contributed by atoms with Crippen LogP contribution in [-0.2, 0) is 6.54 Å². The average molecular weight is 531 g/mol. The van der Waals surface area contributed by atoms with Gasteiger partial charge in [0, 0.05) is 61.6 Å². The monoisotopic (exact) mass is 530 g/mol. The third-order valence-corrected chi connectivity index (χ3v) is 7.47. The molecule has 5 nitrogen and oxygen atoms in total. The van der Waals surface area contributed by atoms with Crippen LogP contribution < -0.4 is 15.1 Å². The predicted octanol–water partition coefficient (Wildman–Crippen LogP) is 6.83. The molecule has 3 aromatic rings. The van der Waals surface area contributed by atoms with Gasteiger partial charge in [-0.25, -0.2) is 13.6 Å². The van der Waals surface area contributed by atoms with E-state index >= 15 is 4.39 Å². The number of anilines is 3. The molecule has 2 aliphatic rings. The van der Waals surface area contributed by atoms with Gasteiger partial charge in [0.25, 0.3) is 0 Å². The minimum absolute atomic E-state index is 0.181. The summed E-state index contributed by atoms with van der Waals surface area (Å²) < 4.78 is 28.8. The summed E-state index contributed by atoms with van der Waals surface area (Å²) in [5, 5.41) is 3.48. The first-order valence-electron chi connectivity index (χ1n) is 11.9. The van der Waals surface area contributed by atoms with Gasteiger partial charge < -0.3 is 10.2 Å². The Kier molecular flexibility index (Phi) is 6.81. The first kappa shape index (κ1) is 24.8. The Morgan fingerprint density at radius 3 is 2.25 bits per heavy atom. The van der Waals surface area contributed by atoms with Crippen molar-refractivity contribution in [3.05, 3.63) is 75.8 Å². The SMILES string of the molecule is CC(C)N1CCN(c2cc(-c3ccc(F)cc3F)c3c(c2)N(c2c(Cl)cccc2Cl)C(=O)NC3)CC1. The average Bonchev–Trinajstić information content (AvgIpc) is 2.84. The topological polar surface area (TPSA) is 38.8 Å². The largest absolute Gasteiger partial charge is 0.369 e. The van der Waals surface area contributed by atoms with Crippen molar-refractivity contribution in [2.45, 2.75) is 26.4 Å². The van der Waals surface area contributed by atoms with Crippen LogP contribution in [0.1, 0.15) is 19.4 Å². The second-order valence-electron chi connectivity index (χ2n) is 9.30. The lowest BCUT2D eigenvalue weighted by Gasteiger charge is -2.39. The minimum atomic E-state index is -0.668. The van der Waals surface area contributed by atoms with Crippen LogP contribution >= 0.6 is 23.2 Å². The molecule has 0 atom stereocenters. The highest BCUT2D eigenvalue weighted by Crippen LogP contribution is 2.45. The number of carbonyl (C=O) groups is 1. The third kappa shape index (κ3) is 4.51. The normalized spacial score (nSPS) is 16.4. The lowest BCUT2D eigenvalue weighted by atomic mass is 9.94. The molecule has 0 bridgehead atoms. The number of urea groups is 1. The fourth-order valence-electron chi connectivity index (χ4n) is 4.93. The van der Waals surface area contributed by atoms with Crippen molar-refractivity contribution >= 4 is 46.3 Å². The number of fused-ring (bicyclic) bond motifs is 1. The molecule has 0 aromatic heterocycles. The Balaban J connectivity index is 1.70. The van der Waals surface area contributed by atoms with Crippen LogP contribution in [-0.4, -0.2) is 43.2 Å². The highest BCUT2D eigenvalue weighted by atomic mass is 35.5. The van der Waals surface area contributed by atoms with E-state index in [2.05, 4.69) is 29.0 Å². The van der Waals surface area contributed by atoms with Gasteiger partial charge in [-0.2, -0.15) is 0 Å². The number of halogens is 4. The van der Waals surface area contributed by atoms with Crippen molar-refractivity contribution in [1.82, 2.24) is 10.2 Å². The van der Waals surface area contributed by atoms with Crippen LogP contribution in [0, 0.1) is 11.6 Å². The summed E-state index contributed by atoms with van der Waals surface area (Å²) >= 11 is 13.0. The van der Waals surface area contributed by atoms with Crippen LogP contribution in [0.25, 0.3) is 11.1 Å². The van der Waals surface area contributed by atoms with E-state index in [9.17, 15) is 9.18 Å². The summed E-state index contributed by atoms with van der Waals surface area (Å²) in [5.41, 5.74) is 3.30. The number of amides is 2. The van der Waals surface area contributed by atoms with Crippen LogP contribution in [0.4, 0.5) is 30.6 Å². The van der Waals surface area contributed by atoms with Crippen LogP contribution in [0.3, 0.4) is 0 Å². The maximum Gasteiger partial charge on any atom is 0.326 e. The van der Waals surface area contributed by atoms with Gasteiger partial charge in [-0.1, -0.05) is 29.3 Å². The highest BCUT2D eigenvalue weighted by molar-refractivity contribution is 6.40. The number of carbonyl (C=O) groups excluding carboxylic acids is 1. The molecule has 3 aromatic carbocycles. The minimum Gasteiger partial charge on any atom is -0.369 e. The van der Waals surface area contributed by atoms with Gasteiger partial charge in [0.15, 0.2) is 0 Å². The van der Waals surface area contributed by atoms with Crippen molar-refractivity contribution in [1.29, 1.82) is 0 Å². The van der Waals surface area contributed by atoms with Gasteiger partial charge in [-0.3, -0.25) is 9.80 Å². The number of hydrogen-bond acceptors (Lipinski definition) is 3. The lowest BCUT2D eigenvalue weighted by Crippen LogP contribution is -2.49. The summed E-state index contributed by atoms with van der Waals surface area (Å²) in [4.78, 5) is 19.3. The zero-order chi connectivity index (χ0) is 25.6. The van der Waals surface area contributed by atoms with Gasteiger partial charge in [0.05, 0.1) is 21.4 Å². The fourth-order valence-corrected chi connectivity index (χ4v) is 5.50. The van der Waals surface area contributed by atoms with Crippen LogP contribution in [0.2, 0.25) is 10.0 Å². The molecule has 9 heteroatoms. The molecule has 2 aliphatic heterocycles. The Labute approximate surface area is 219 Å². The van der Waals surface area contributed by atoms with E-state index in [1.165, 1.54) is 17.0 Å². The highest BCUT2D eigenvalue weighted by Gasteiger charge is 2.32. The second kappa shape index (κ2) is 9.88. The van der Waals surface area contributed by atoms with Crippen LogP contribution in [0.15, 0.2) is 48.5 Å². The molecule has 0 spiro atoms. The molecule has 1 fully saturated rings. The number of piperazine rings is 1. The third-order valence-electron chi connectivity index (χ3n) is 6.86. The van der Waals surface area contributed by atoms with Gasteiger partial charge in [-0.05, 0) is 55.8 Å². The number of nitrogens with one attached hydrogen (secondary N) is 1. The number of para-hydroxylation sites is 1. The Hall–Kier alpha value is -2.87. The van der Waals surface area contributed by atoms with Crippen LogP contribution in [0.5, 0.6) is 0 Å². The molecular formula is C27H26Cl2F2N4O. The van der Waals surface area contributed by atoms with Crippen molar-refractivity contribution in [2.24, 2.45) is 0 Å². The van der Waals surface area contributed by atoms with E-state index in [-0.39, 0.29) is 18.1 Å². The summed E-state index contributed by atoms with van der Waals surface area (Å²) in [7, 11) is 0. The van der Waals surface area contributed by atoms with Gasteiger partial charge in [-0.15, -0.1) is 0 Å². The molecule has 36 heavy (non-hydrogen) atoms. The first-order chi connectivity index (χ1) is 17.2. The number of hydrogen-bond donors (Lipinski definition) is 1. The first-order valence-corrected chi connectivity index (χ1v) is 12.6. The molecule has 1 N–H and O–H groups in total. The molecule has 5 rings (SSSR count). The van der Waals surface area contributed by atoms with Crippen molar-refractivity contribution < 1.29 is 13.6 Å². The molecule has 188 valence electrons.